The highest BCUT2D eigenvalue weighted by Crippen LogP contribution is 2.12. The maximum Gasteiger partial charge on any atom is 0.378 e. The van der Waals surface area contributed by atoms with Gasteiger partial charge in [-0.25, -0.2) is 4.79 Å². The summed E-state index contributed by atoms with van der Waals surface area (Å²) < 4.78 is 5.04. The zero-order valence-corrected chi connectivity index (χ0v) is 12.9. The summed E-state index contributed by atoms with van der Waals surface area (Å²) in [6.45, 7) is 2.21. The van der Waals surface area contributed by atoms with E-state index in [4.69, 9.17) is 4.74 Å². The van der Waals surface area contributed by atoms with Crippen LogP contribution in [-0.2, 0) is 4.79 Å². The van der Waals surface area contributed by atoms with Crippen molar-refractivity contribution in [1.29, 1.82) is 0 Å². The average molecular weight is 290 g/mol. The van der Waals surface area contributed by atoms with Crippen molar-refractivity contribution in [1.82, 2.24) is 0 Å². The highest BCUT2D eigenvalue weighted by molar-refractivity contribution is 5.87. The molecule has 1 rings (SSSR count). The second-order valence-electron chi connectivity index (χ2n) is 5.20. The number of aliphatic hydroxyl groups excluding tert-OH is 1. The predicted octanol–water partition coefficient (Wildman–Crippen LogP) is 5.17. The third-order valence-corrected chi connectivity index (χ3v) is 3.31. The van der Waals surface area contributed by atoms with Gasteiger partial charge in [-0.15, -0.1) is 0 Å². The van der Waals surface area contributed by atoms with Crippen molar-refractivity contribution < 1.29 is 14.6 Å². The van der Waals surface area contributed by atoms with Gasteiger partial charge in [-0.05, 0) is 31.1 Å². The summed E-state index contributed by atoms with van der Waals surface area (Å²) in [5.41, 5.74) is 0. The Labute approximate surface area is 127 Å². The molecule has 1 aromatic rings. The third kappa shape index (κ3) is 8.18. The highest BCUT2D eigenvalue weighted by Gasteiger charge is 2.09. The van der Waals surface area contributed by atoms with E-state index >= 15 is 0 Å². The van der Waals surface area contributed by atoms with Gasteiger partial charge in [0, 0.05) is 0 Å². The Morgan fingerprint density at radius 2 is 1.67 bits per heavy atom. The summed E-state index contributed by atoms with van der Waals surface area (Å²) in [5.74, 6) is -0.549. The molecule has 3 nitrogen and oxygen atoms in total. The Kier molecular flexibility index (Phi) is 9.01. The first kappa shape index (κ1) is 17.3. The highest BCUT2D eigenvalue weighted by atomic mass is 16.5. The number of allylic oxidation sites excluding steroid dienone is 1. The van der Waals surface area contributed by atoms with Crippen molar-refractivity contribution in [3.63, 3.8) is 0 Å². The van der Waals surface area contributed by atoms with Crippen LogP contribution in [-0.4, -0.2) is 11.1 Å². The molecule has 0 radical (unpaired) electrons. The molecule has 0 atom stereocenters. The first-order valence-corrected chi connectivity index (χ1v) is 7.90. The molecule has 0 aliphatic carbocycles. The number of carbonyl (C=O) groups excluding carboxylic acids is 1. The quantitative estimate of drug-likeness (QED) is 0.212. The summed E-state index contributed by atoms with van der Waals surface area (Å²) in [5, 5.41) is 9.64. The van der Waals surface area contributed by atoms with Crippen molar-refractivity contribution in [2.24, 2.45) is 0 Å². The molecule has 116 valence electrons. The number of hydrogen-bond donors (Lipinski definition) is 1. The Balaban J connectivity index is 2.16. The van der Waals surface area contributed by atoms with E-state index in [1.807, 2.05) is 6.07 Å². The number of unbranched alkanes of at least 4 members (excludes halogenated alkanes) is 7. The van der Waals surface area contributed by atoms with Crippen LogP contribution in [0.25, 0.3) is 0 Å². The molecular formula is C18H26O3. The summed E-state index contributed by atoms with van der Waals surface area (Å²) in [6.07, 6.45) is 10.8. The molecule has 0 heterocycles. The summed E-state index contributed by atoms with van der Waals surface area (Å²) >= 11 is 0. The number of para-hydroxylation sites is 1. The molecule has 0 aliphatic heterocycles. The van der Waals surface area contributed by atoms with E-state index in [1.165, 1.54) is 32.1 Å². The summed E-state index contributed by atoms with van der Waals surface area (Å²) in [4.78, 5) is 11.6. The van der Waals surface area contributed by atoms with Crippen molar-refractivity contribution >= 4 is 5.97 Å². The number of esters is 1. The molecule has 1 N–H and O–H groups in total. The van der Waals surface area contributed by atoms with Crippen LogP contribution in [0.15, 0.2) is 42.2 Å². The van der Waals surface area contributed by atoms with Crippen LogP contribution in [0, 0.1) is 0 Å². The van der Waals surface area contributed by atoms with Crippen molar-refractivity contribution in [2.75, 3.05) is 0 Å². The van der Waals surface area contributed by atoms with Crippen LogP contribution in [0.5, 0.6) is 5.75 Å². The van der Waals surface area contributed by atoms with E-state index < -0.39 is 5.97 Å². The smallest absolute Gasteiger partial charge is 0.378 e. The molecule has 1 aromatic carbocycles. The molecule has 21 heavy (non-hydrogen) atoms. The minimum absolute atomic E-state index is 0.301. The van der Waals surface area contributed by atoms with E-state index in [0.717, 1.165) is 12.8 Å². The SMILES string of the molecule is CCCCCCCCCC=C(O)C(=O)Oc1ccccc1. The molecular weight excluding hydrogens is 264 g/mol. The van der Waals surface area contributed by atoms with Crippen LogP contribution in [0.4, 0.5) is 0 Å². The molecule has 0 aliphatic rings. The van der Waals surface area contributed by atoms with Gasteiger partial charge in [0.1, 0.15) is 5.75 Å². The van der Waals surface area contributed by atoms with Gasteiger partial charge in [-0.2, -0.15) is 0 Å². The number of rotatable bonds is 10. The van der Waals surface area contributed by atoms with Crippen LogP contribution >= 0.6 is 0 Å². The van der Waals surface area contributed by atoms with Crippen molar-refractivity contribution in [3.8, 4) is 5.75 Å². The van der Waals surface area contributed by atoms with E-state index in [9.17, 15) is 9.90 Å². The molecule has 0 amide bonds. The lowest BCUT2D eigenvalue weighted by atomic mass is 10.1. The van der Waals surface area contributed by atoms with Gasteiger partial charge in [-0.1, -0.05) is 63.6 Å². The van der Waals surface area contributed by atoms with Crippen LogP contribution < -0.4 is 4.74 Å². The van der Waals surface area contributed by atoms with Crippen molar-refractivity contribution in [2.45, 2.75) is 58.3 Å². The number of carbonyl (C=O) groups is 1. The summed E-state index contributed by atoms with van der Waals surface area (Å²) in [7, 11) is 0. The van der Waals surface area contributed by atoms with Crippen molar-refractivity contribution in [3.05, 3.63) is 42.2 Å². The van der Waals surface area contributed by atoms with E-state index in [2.05, 4.69) is 6.92 Å². The number of hydrogen-bond acceptors (Lipinski definition) is 3. The fourth-order valence-electron chi connectivity index (χ4n) is 2.07. The Morgan fingerprint density at radius 1 is 1.05 bits per heavy atom. The standard InChI is InChI=1S/C18H26O3/c1-2-3-4-5-6-7-8-12-15-17(19)18(20)21-16-13-10-9-11-14-16/h9-11,13-15,19H,2-8,12H2,1H3. The van der Waals surface area contributed by atoms with Crippen LogP contribution in [0.3, 0.4) is 0 Å². The Hall–Kier alpha value is -1.77. The monoisotopic (exact) mass is 290 g/mol. The lowest BCUT2D eigenvalue weighted by Crippen LogP contribution is -2.10. The zero-order chi connectivity index (χ0) is 15.3. The maximum atomic E-state index is 11.6. The number of benzene rings is 1. The fraction of sp³-hybridized carbons (Fsp3) is 0.500. The molecule has 3 heteroatoms. The van der Waals surface area contributed by atoms with E-state index in [0.29, 0.717) is 12.2 Å². The molecule has 0 spiro atoms. The van der Waals surface area contributed by atoms with Gasteiger partial charge in [0.05, 0.1) is 0 Å². The third-order valence-electron chi connectivity index (χ3n) is 3.31. The largest absolute Gasteiger partial charge is 0.502 e. The van der Waals surface area contributed by atoms with Gasteiger partial charge < -0.3 is 9.84 Å². The van der Waals surface area contributed by atoms with Gasteiger partial charge in [0.2, 0.25) is 0 Å². The molecule has 0 bridgehead atoms. The van der Waals surface area contributed by atoms with Gasteiger partial charge in [0.15, 0.2) is 5.76 Å². The molecule has 0 saturated carbocycles. The minimum Gasteiger partial charge on any atom is -0.502 e. The summed E-state index contributed by atoms with van der Waals surface area (Å²) in [6, 6.07) is 8.76. The molecule has 0 fully saturated rings. The molecule has 0 saturated heterocycles. The van der Waals surface area contributed by atoms with E-state index in [1.54, 1.807) is 30.3 Å². The maximum absolute atomic E-state index is 11.6. The molecule has 0 aromatic heterocycles. The number of ether oxygens (including phenoxy) is 1. The fourth-order valence-corrected chi connectivity index (χ4v) is 2.07. The first-order valence-electron chi connectivity index (χ1n) is 7.90. The van der Waals surface area contributed by atoms with Gasteiger partial charge >= 0.3 is 5.97 Å². The lowest BCUT2D eigenvalue weighted by molar-refractivity contribution is -0.133. The number of aliphatic hydroxyl groups is 1. The second-order valence-corrected chi connectivity index (χ2v) is 5.20. The second kappa shape index (κ2) is 11.0. The molecule has 0 unspecified atom stereocenters. The normalized spacial score (nSPS) is 11.4. The Morgan fingerprint density at radius 3 is 2.33 bits per heavy atom. The van der Waals surface area contributed by atoms with Crippen LogP contribution in [0.1, 0.15) is 58.3 Å². The first-order chi connectivity index (χ1) is 10.2. The lowest BCUT2D eigenvalue weighted by Gasteiger charge is -2.03. The average Bonchev–Trinajstić information content (AvgIpc) is 2.50. The zero-order valence-electron chi connectivity index (χ0n) is 12.9. The van der Waals surface area contributed by atoms with E-state index in [-0.39, 0.29) is 5.76 Å². The van der Waals surface area contributed by atoms with Crippen LogP contribution in [0.2, 0.25) is 0 Å². The van der Waals surface area contributed by atoms with Gasteiger partial charge in [0.25, 0.3) is 0 Å². The predicted molar refractivity (Wildman–Crippen MR) is 85.4 cm³/mol. The topological polar surface area (TPSA) is 46.5 Å². The van der Waals surface area contributed by atoms with Gasteiger partial charge in [-0.3, -0.25) is 0 Å². The minimum atomic E-state index is -0.691. The Bertz CT molecular complexity index is 423.